The first-order valence-corrected chi connectivity index (χ1v) is 9.55. The lowest BCUT2D eigenvalue weighted by atomic mass is 10.2. The van der Waals surface area contributed by atoms with Crippen LogP contribution in [0.5, 0.6) is 0 Å². The first-order valence-electron chi connectivity index (χ1n) is 8.67. The van der Waals surface area contributed by atoms with Crippen LogP contribution < -0.4 is 0 Å². The monoisotopic (exact) mass is 380 g/mol. The van der Waals surface area contributed by atoms with Crippen LogP contribution in [0.1, 0.15) is 22.9 Å². The molecule has 1 aromatic carbocycles. The van der Waals surface area contributed by atoms with Crippen LogP contribution in [0.2, 0.25) is 0 Å². The maximum Gasteiger partial charge on any atom is 0.241 e. The lowest BCUT2D eigenvalue weighted by Gasteiger charge is -2.12. The summed E-state index contributed by atoms with van der Waals surface area (Å²) in [6.07, 6.45) is 0. The average molecular weight is 380 g/mol. The van der Waals surface area contributed by atoms with Crippen molar-refractivity contribution >= 4 is 11.3 Å². The zero-order valence-electron chi connectivity index (χ0n) is 15.5. The minimum atomic E-state index is 0.541. The molecule has 0 fully saturated rings. The molecule has 0 unspecified atom stereocenters. The van der Waals surface area contributed by atoms with Crippen molar-refractivity contribution in [3.63, 3.8) is 0 Å². The lowest BCUT2D eigenvalue weighted by molar-refractivity contribution is 0.258. The third kappa shape index (κ3) is 3.84. The lowest BCUT2D eigenvalue weighted by Crippen LogP contribution is -2.18. The van der Waals surface area contributed by atoms with Gasteiger partial charge in [0, 0.05) is 12.1 Å². The van der Waals surface area contributed by atoms with Crippen molar-refractivity contribution in [3.8, 4) is 22.2 Å². The van der Waals surface area contributed by atoms with E-state index in [1.807, 2.05) is 44.3 Å². The summed E-state index contributed by atoms with van der Waals surface area (Å²) in [5.74, 6) is 2.70. The zero-order valence-corrected chi connectivity index (χ0v) is 16.3. The first-order chi connectivity index (χ1) is 13.1. The topological polar surface area (TPSA) is 68.2 Å². The van der Waals surface area contributed by atoms with Gasteiger partial charge in [-0.25, -0.2) is 4.98 Å². The van der Waals surface area contributed by atoms with Crippen molar-refractivity contribution in [1.82, 2.24) is 20.0 Å². The number of rotatable bonds is 6. The molecule has 0 aliphatic carbocycles. The summed E-state index contributed by atoms with van der Waals surface area (Å²) in [6.45, 7) is 5.20. The number of hydrogen-bond acceptors (Lipinski definition) is 7. The van der Waals surface area contributed by atoms with E-state index in [-0.39, 0.29) is 0 Å². The van der Waals surface area contributed by atoms with Crippen LogP contribution in [0.15, 0.2) is 50.7 Å². The van der Waals surface area contributed by atoms with E-state index in [0.29, 0.717) is 30.7 Å². The van der Waals surface area contributed by atoms with Crippen molar-refractivity contribution in [2.24, 2.45) is 0 Å². The summed E-state index contributed by atoms with van der Waals surface area (Å²) in [5, 5.41) is 6.12. The summed E-state index contributed by atoms with van der Waals surface area (Å²) in [4.78, 5) is 12.3. The first kappa shape index (κ1) is 17.6. The Hall–Kier alpha value is -2.77. The van der Waals surface area contributed by atoms with E-state index in [2.05, 4.69) is 38.4 Å². The minimum absolute atomic E-state index is 0.541. The van der Waals surface area contributed by atoms with E-state index in [1.165, 1.54) is 5.56 Å². The van der Waals surface area contributed by atoms with Crippen molar-refractivity contribution in [2.45, 2.75) is 26.9 Å². The van der Waals surface area contributed by atoms with Gasteiger partial charge < -0.3 is 8.94 Å². The van der Waals surface area contributed by atoms with Crippen molar-refractivity contribution in [1.29, 1.82) is 0 Å². The maximum absolute atomic E-state index is 5.87. The Bertz CT molecular complexity index is 1040. The Kier molecular flexibility index (Phi) is 4.87. The number of hydrogen-bond donors (Lipinski definition) is 0. The van der Waals surface area contributed by atoms with Crippen molar-refractivity contribution in [3.05, 3.63) is 64.7 Å². The standard InChI is InChI=1S/C20H20N4O2S/c1-13-9-10-27-18(13)20-21-16(14(2)25-20)11-24(3)12-17-22-19(23-26-17)15-7-5-4-6-8-15/h4-10H,11-12H2,1-3H3. The average Bonchev–Trinajstić information content (AvgIpc) is 3.37. The maximum atomic E-state index is 5.87. The second kappa shape index (κ2) is 7.46. The molecule has 4 rings (SSSR count). The summed E-state index contributed by atoms with van der Waals surface area (Å²) in [7, 11) is 2.00. The fourth-order valence-corrected chi connectivity index (χ4v) is 3.68. The highest BCUT2D eigenvalue weighted by Gasteiger charge is 2.17. The van der Waals surface area contributed by atoms with Crippen molar-refractivity contribution in [2.75, 3.05) is 7.05 Å². The molecule has 0 saturated carbocycles. The van der Waals surface area contributed by atoms with Gasteiger partial charge in [-0.05, 0) is 37.9 Å². The molecule has 0 radical (unpaired) electrons. The van der Waals surface area contributed by atoms with E-state index < -0.39 is 0 Å². The Balaban J connectivity index is 1.44. The Labute approximate surface area is 161 Å². The van der Waals surface area contributed by atoms with E-state index in [1.54, 1.807) is 11.3 Å². The van der Waals surface area contributed by atoms with Crippen LogP contribution in [0.3, 0.4) is 0 Å². The van der Waals surface area contributed by atoms with Gasteiger partial charge in [0.2, 0.25) is 17.6 Å². The predicted molar refractivity (Wildman–Crippen MR) is 104 cm³/mol. The summed E-state index contributed by atoms with van der Waals surface area (Å²) in [5.41, 5.74) is 3.04. The number of aryl methyl sites for hydroxylation is 2. The van der Waals surface area contributed by atoms with Gasteiger partial charge in [0.25, 0.3) is 0 Å². The fourth-order valence-electron chi connectivity index (χ4n) is 2.83. The molecular formula is C20H20N4O2S. The minimum Gasteiger partial charge on any atom is -0.440 e. The molecular weight excluding hydrogens is 360 g/mol. The molecule has 7 heteroatoms. The van der Waals surface area contributed by atoms with E-state index in [4.69, 9.17) is 8.94 Å². The molecule has 0 atom stereocenters. The van der Waals surface area contributed by atoms with Gasteiger partial charge in [0.05, 0.1) is 17.1 Å². The molecule has 0 aliphatic heterocycles. The van der Waals surface area contributed by atoms with Gasteiger partial charge in [-0.2, -0.15) is 4.98 Å². The zero-order chi connectivity index (χ0) is 18.8. The van der Waals surface area contributed by atoms with Gasteiger partial charge in [0.1, 0.15) is 5.76 Å². The molecule has 6 nitrogen and oxygen atoms in total. The van der Waals surface area contributed by atoms with E-state index in [9.17, 15) is 0 Å². The number of thiophene rings is 1. The highest BCUT2D eigenvalue weighted by molar-refractivity contribution is 7.13. The Morgan fingerprint density at radius 1 is 1.04 bits per heavy atom. The van der Waals surface area contributed by atoms with Gasteiger partial charge >= 0.3 is 0 Å². The Morgan fingerprint density at radius 3 is 2.59 bits per heavy atom. The van der Waals surface area contributed by atoms with Gasteiger partial charge in [-0.3, -0.25) is 4.90 Å². The molecule has 4 aromatic rings. The fraction of sp³-hybridized carbons (Fsp3) is 0.250. The number of benzene rings is 1. The van der Waals surface area contributed by atoms with Crippen LogP contribution >= 0.6 is 11.3 Å². The summed E-state index contributed by atoms with van der Waals surface area (Å²) >= 11 is 1.64. The molecule has 3 aromatic heterocycles. The van der Waals surface area contributed by atoms with Crippen LogP contribution in [0, 0.1) is 13.8 Å². The summed E-state index contributed by atoms with van der Waals surface area (Å²) < 4.78 is 11.3. The molecule has 0 amide bonds. The smallest absolute Gasteiger partial charge is 0.241 e. The molecule has 0 spiro atoms. The quantitative estimate of drug-likeness (QED) is 0.483. The third-order valence-corrected chi connectivity index (χ3v) is 5.28. The normalized spacial score (nSPS) is 11.4. The molecule has 0 saturated heterocycles. The Morgan fingerprint density at radius 2 is 1.85 bits per heavy atom. The van der Waals surface area contributed by atoms with Gasteiger partial charge in [-0.15, -0.1) is 11.3 Å². The van der Waals surface area contributed by atoms with Crippen molar-refractivity contribution < 1.29 is 8.94 Å². The number of nitrogens with zero attached hydrogens (tertiary/aromatic N) is 4. The van der Waals surface area contributed by atoms with Gasteiger partial charge in [-0.1, -0.05) is 35.5 Å². The molecule has 138 valence electrons. The highest BCUT2D eigenvalue weighted by Crippen LogP contribution is 2.30. The highest BCUT2D eigenvalue weighted by atomic mass is 32.1. The van der Waals surface area contributed by atoms with Crippen LogP contribution in [-0.4, -0.2) is 27.1 Å². The third-order valence-electron chi connectivity index (χ3n) is 4.27. The molecule has 3 heterocycles. The SMILES string of the molecule is Cc1ccsc1-c1nc(CN(C)Cc2nc(-c3ccccc3)no2)c(C)o1. The molecule has 0 bridgehead atoms. The van der Waals surface area contributed by atoms with Crippen LogP contribution in [0.25, 0.3) is 22.2 Å². The van der Waals surface area contributed by atoms with E-state index in [0.717, 1.165) is 21.9 Å². The van der Waals surface area contributed by atoms with E-state index >= 15 is 0 Å². The summed E-state index contributed by atoms with van der Waals surface area (Å²) in [6, 6.07) is 11.9. The molecule has 0 N–H and O–H groups in total. The molecule has 0 aliphatic rings. The largest absolute Gasteiger partial charge is 0.440 e. The number of aromatic nitrogens is 3. The predicted octanol–water partition coefficient (Wildman–Crippen LogP) is 4.70. The number of oxazole rings is 1. The van der Waals surface area contributed by atoms with Crippen LogP contribution in [-0.2, 0) is 13.1 Å². The van der Waals surface area contributed by atoms with Gasteiger partial charge in [0.15, 0.2) is 0 Å². The molecule has 27 heavy (non-hydrogen) atoms. The van der Waals surface area contributed by atoms with Crippen LogP contribution in [0.4, 0.5) is 0 Å². The second-order valence-corrected chi connectivity index (χ2v) is 7.42. The second-order valence-electron chi connectivity index (χ2n) is 6.50.